The van der Waals surface area contributed by atoms with Crippen LogP contribution in [0.3, 0.4) is 0 Å². The first-order valence-electron chi connectivity index (χ1n) is 10.2. The summed E-state index contributed by atoms with van der Waals surface area (Å²) in [6.45, 7) is 4.21. The fraction of sp³-hybridized carbons (Fsp3) is 0.160. The van der Waals surface area contributed by atoms with Crippen molar-refractivity contribution in [2.24, 2.45) is 7.05 Å². The topological polar surface area (TPSA) is 76.0 Å². The Labute approximate surface area is 190 Å². The number of rotatable bonds is 4. The van der Waals surface area contributed by atoms with Crippen molar-refractivity contribution in [1.82, 2.24) is 14.9 Å². The normalized spacial score (nSPS) is 10.9. The third-order valence-electron chi connectivity index (χ3n) is 5.40. The molecule has 32 heavy (non-hydrogen) atoms. The van der Waals surface area contributed by atoms with Crippen molar-refractivity contribution in [3.63, 3.8) is 0 Å². The summed E-state index contributed by atoms with van der Waals surface area (Å²) in [6.07, 6.45) is 1.77. The molecule has 4 aromatic rings. The minimum Gasteiger partial charge on any atom is -0.334 e. The van der Waals surface area contributed by atoms with E-state index in [1.165, 1.54) is 0 Å². The molecule has 0 fully saturated rings. The summed E-state index contributed by atoms with van der Waals surface area (Å²) in [6, 6.07) is 16.2. The minimum absolute atomic E-state index is 0.101. The van der Waals surface area contributed by atoms with Gasteiger partial charge in [0.2, 0.25) is 0 Å². The number of amides is 2. The molecule has 2 amide bonds. The minimum atomic E-state index is -0.333. The zero-order chi connectivity index (χ0) is 22.8. The molecule has 0 aliphatic carbocycles. The van der Waals surface area contributed by atoms with Gasteiger partial charge in [0.25, 0.3) is 5.56 Å². The summed E-state index contributed by atoms with van der Waals surface area (Å²) < 4.78 is 1.64. The Morgan fingerprint density at radius 1 is 1.03 bits per heavy atom. The van der Waals surface area contributed by atoms with Crippen LogP contribution >= 0.6 is 11.6 Å². The highest BCUT2D eigenvalue weighted by molar-refractivity contribution is 6.30. The van der Waals surface area contributed by atoms with E-state index in [1.54, 1.807) is 29.9 Å². The number of nitrogens with zero attached hydrogens (tertiary/aromatic N) is 2. The molecule has 2 aromatic heterocycles. The average molecular weight is 447 g/mol. The van der Waals surface area contributed by atoms with E-state index < -0.39 is 0 Å². The molecule has 2 aromatic carbocycles. The van der Waals surface area contributed by atoms with Gasteiger partial charge in [0.1, 0.15) is 0 Å². The molecule has 0 atom stereocenters. The lowest BCUT2D eigenvalue weighted by Crippen LogP contribution is -2.28. The highest BCUT2D eigenvalue weighted by Gasteiger charge is 2.13. The number of fused-ring (bicyclic) bond motifs is 1. The Hall–Kier alpha value is -3.64. The van der Waals surface area contributed by atoms with Crippen LogP contribution in [0.5, 0.6) is 0 Å². The summed E-state index contributed by atoms with van der Waals surface area (Å²) >= 11 is 5.89. The second kappa shape index (κ2) is 8.85. The lowest BCUT2D eigenvalue weighted by Gasteiger charge is -2.13. The Bertz CT molecular complexity index is 1380. The summed E-state index contributed by atoms with van der Waals surface area (Å²) in [7, 11) is 1.76. The van der Waals surface area contributed by atoms with Gasteiger partial charge in [0.05, 0.1) is 5.52 Å². The predicted octanol–water partition coefficient (Wildman–Crippen LogP) is 5.19. The number of carbonyl (C=O) groups is 1. The molecule has 162 valence electrons. The molecule has 2 N–H and O–H groups in total. The number of hydrogen-bond acceptors (Lipinski definition) is 3. The predicted molar refractivity (Wildman–Crippen MR) is 129 cm³/mol. The summed E-state index contributed by atoms with van der Waals surface area (Å²) in [5.74, 6) is 0. The number of pyridine rings is 2. The van der Waals surface area contributed by atoms with E-state index >= 15 is 0 Å². The van der Waals surface area contributed by atoms with E-state index in [4.69, 9.17) is 11.6 Å². The molecule has 0 aliphatic heterocycles. The molecule has 6 nitrogen and oxygen atoms in total. The van der Waals surface area contributed by atoms with Crippen molar-refractivity contribution in [1.29, 1.82) is 0 Å². The number of nitrogens with one attached hydrogen (secondary N) is 2. The van der Waals surface area contributed by atoms with E-state index in [9.17, 15) is 9.59 Å². The number of hydrogen-bond donors (Lipinski definition) is 2. The molecule has 0 aliphatic rings. The lowest BCUT2D eigenvalue weighted by molar-refractivity contribution is 0.251. The molecule has 0 spiro atoms. The number of halogens is 1. The maximum absolute atomic E-state index is 13.1. The maximum Gasteiger partial charge on any atom is 0.319 e. The van der Waals surface area contributed by atoms with Crippen LogP contribution < -0.4 is 16.2 Å². The quantitative estimate of drug-likeness (QED) is 0.452. The van der Waals surface area contributed by atoms with Crippen molar-refractivity contribution in [3.05, 3.63) is 93.0 Å². The summed E-state index contributed by atoms with van der Waals surface area (Å²) in [5, 5.41) is 7.20. The third-order valence-corrected chi connectivity index (χ3v) is 5.65. The molecular formula is C25H23ClN4O2. The SMILES string of the molecule is Cc1cc2c(cn1)cc(-c1cc(NC(=O)NCc3ccc(Cl)cc3)ccc1C)c(=O)n2C. The fourth-order valence-corrected chi connectivity index (χ4v) is 3.73. The van der Waals surface area contributed by atoms with Crippen LogP contribution in [0.1, 0.15) is 16.8 Å². The Balaban J connectivity index is 1.60. The molecule has 7 heteroatoms. The van der Waals surface area contributed by atoms with Crippen molar-refractivity contribution < 1.29 is 4.79 Å². The largest absolute Gasteiger partial charge is 0.334 e. The van der Waals surface area contributed by atoms with E-state index in [-0.39, 0.29) is 11.6 Å². The molecule has 0 radical (unpaired) electrons. The van der Waals surface area contributed by atoms with Gasteiger partial charge in [0, 0.05) is 47.1 Å². The third kappa shape index (κ3) is 4.50. The second-order valence-corrected chi connectivity index (χ2v) is 8.21. The van der Waals surface area contributed by atoms with Gasteiger partial charge in [-0.2, -0.15) is 0 Å². The Morgan fingerprint density at radius 3 is 2.53 bits per heavy atom. The standard InChI is InChI=1S/C25H23ClN4O2/c1-15-4-9-20(29-25(32)28-13-17-5-7-19(26)8-6-17)12-21(15)22-11-18-14-27-16(2)10-23(18)30(3)24(22)31/h4-12,14H,13H2,1-3H3,(H2,28,29,32). The first-order valence-corrected chi connectivity index (χ1v) is 10.6. The molecule has 2 heterocycles. The summed E-state index contributed by atoms with van der Waals surface area (Å²) in [5.41, 5.74) is 5.40. The van der Waals surface area contributed by atoms with Gasteiger partial charge in [-0.25, -0.2) is 4.79 Å². The van der Waals surface area contributed by atoms with Gasteiger partial charge in [-0.05, 0) is 66.9 Å². The first-order chi connectivity index (χ1) is 15.3. The Kier molecular flexibility index (Phi) is 5.97. The van der Waals surface area contributed by atoms with E-state index in [0.29, 0.717) is 22.8 Å². The highest BCUT2D eigenvalue weighted by atomic mass is 35.5. The van der Waals surface area contributed by atoms with E-state index in [2.05, 4.69) is 15.6 Å². The lowest BCUT2D eigenvalue weighted by atomic mass is 9.99. The van der Waals surface area contributed by atoms with Crippen LogP contribution in [-0.4, -0.2) is 15.6 Å². The highest BCUT2D eigenvalue weighted by Crippen LogP contribution is 2.27. The van der Waals surface area contributed by atoms with Gasteiger partial charge >= 0.3 is 6.03 Å². The number of aromatic nitrogens is 2. The van der Waals surface area contributed by atoms with Crippen molar-refractivity contribution in [3.8, 4) is 11.1 Å². The van der Waals surface area contributed by atoms with Crippen LogP contribution in [0.4, 0.5) is 10.5 Å². The van der Waals surface area contributed by atoms with Crippen LogP contribution in [0.25, 0.3) is 22.0 Å². The maximum atomic E-state index is 13.1. The number of urea groups is 1. The average Bonchev–Trinajstić information content (AvgIpc) is 2.78. The molecule has 4 rings (SSSR count). The molecule has 0 unspecified atom stereocenters. The monoisotopic (exact) mass is 446 g/mol. The van der Waals surface area contributed by atoms with Gasteiger partial charge in [-0.3, -0.25) is 9.78 Å². The van der Waals surface area contributed by atoms with Crippen molar-refractivity contribution in [2.45, 2.75) is 20.4 Å². The van der Waals surface area contributed by atoms with Crippen LogP contribution in [0.2, 0.25) is 5.02 Å². The zero-order valence-corrected chi connectivity index (χ0v) is 18.8. The van der Waals surface area contributed by atoms with Gasteiger partial charge < -0.3 is 15.2 Å². The van der Waals surface area contributed by atoms with Crippen molar-refractivity contribution >= 4 is 34.2 Å². The van der Waals surface area contributed by atoms with E-state index in [1.807, 2.05) is 56.3 Å². The zero-order valence-electron chi connectivity index (χ0n) is 18.1. The Morgan fingerprint density at radius 2 is 1.78 bits per heavy atom. The van der Waals surface area contributed by atoms with Gasteiger partial charge in [0.15, 0.2) is 0 Å². The molecule has 0 bridgehead atoms. The van der Waals surface area contributed by atoms with Crippen molar-refractivity contribution in [2.75, 3.05) is 5.32 Å². The van der Waals surface area contributed by atoms with Gasteiger partial charge in [-0.1, -0.05) is 29.8 Å². The van der Waals surface area contributed by atoms with Crippen LogP contribution in [0, 0.1) is 13.8 Å². The van der Waals surface area contributed by atoms with Crippen LogP contribution in [-0.2, 0) is 13.6 Å². The second-order valence-electron chi connectivity index (χ2n) is 7.77. The number of benzene rings is 2. The van der Waals surface area contributed by atoms with Crippen LogP contribution in [0.15, 0.2) is 65.6 Å². The smallest absolute Gasteiger partial charge is 0.319 e. The number of aryl methyl sites for hydroxylation is 3. The first kappa shape index (κ1) is 21.6. The summed E-state index contributed by atoms with van der Waals surface area (Å²) in [4.78, 5) is 29.8. The fourth-order valence-electron chi connectivity index (χ4n) is 3.61. The molecular weight excluding hydrogens is 424 g/mol. The molecule has 0 saturated heterocycles. The number of carbonyl (C=O) groups excluding carboxylic acids is 1. The van der Waals surface area contributed by atoms with E-state index in [0.717, 1.165) is 33.3 Å². The number of anilines is 1. The van der Waals surface area contributed by atoms with Gasteiger partial charge in [-0.15, -0.1) is 0 Å². The molecule has 0 saturated carbocycles.